The molecule has 0 bridgehead atoms. The van der Waals surface area contributed by atoms with Crippen LogP contribution >= 0.6 is 0 Å². The lowest BCUT2D eigenvalue weighted by molar-refractivity contribution is 0.393. The van der Waals surface area contributed by atoms with E-state index in [9.17, 15) is 0 Å². The summed E-state index contributed by atoms with van der Waals surface area (Å²) in [6.07, 6.45) is 2.27. The first kappa shape index (κ1) is 13.2. The molecule has 2 nitrogen and oxygen atoms in total. The van der Waals surface area contributed by atoms with Gasteiger partial charge in [-0.3, -0.25) is 0 Å². The van der Waals surface area contributed by atoms with Gasteiger partial charge in [0.15, 0.2) is 0 Å². The van der Waals surface area contributed by atoms with Crippen LogP contribution in [0.5, 0.6) is 11.5 Å². The third-order valence-electron chi connectivity index (χ3n) is 4.07. The smallest absolute Gasteiger partial charge is 0.132 e. The predicted octanol–water partition coefficient (Wildman–Crippen LogP) is 4.66. The molecule has 1 N–H and O–H groups in total. The van der Waals surface area contributed by atoms with E-state index in [2.05, 4.69) is 43.4 Å². The maximum Gasteiger partial charge on any atom is 0.132 e. The number of benzene rings is 2. The second-order valence-corrected chi connectivity index (χ2v) is 5.29. The molecule has 3 rings (SSSR count). The average molecular weight is 267 g/mol. The van der Waals surface area contributed by atoms with Crippen molar-refractivity contribution in [1.82, 2.24) is 5.32 Å². The molecule has 1 aliphatic heterocycles. The Bertz CT molecular complexity index is 544. The van der Waals surface area contributed by atoms with Crippen molar-refractivity contribution in [1.29, 1.82) is 0 Å². The van der Waals surface area contributed by atoms with Crippen molar-refractivity contribution in [3.05, 3.63) is 59.7 Å². The van der Waals surface area contributed by atoms with Crippen molar-refractivity contribution in [2.75, 3.05) is 0 Å². The summed E-state index contributed by atoms with van der Waals surface area (Å²) >= 11 is 0. The van der Waals surface area contributed by atoms with Gasteiger partial charge in [-0.25, -0.2) is 0 Å². The third kappa shape index (κ3) is 2.32. The van der Waals surface area contributed by atoms with Gasteiger partial charge in [0.05, 0.1) is 6.04 Å². The maximum absolute atomic E-state index is 6.02. The molecule has 0 radical (unpaired) electrons. The third-order valence-corrected chi connectivity index (χ3v) is 4.07. The van der Waals surface area contributed by atoms with Gasteiger partial charge in [0.2, 0.25) is 0 Å². The van der Waals surface area contributed by atoms with Crippen molar-refractivity contribution in [2.24, 2.45) is 0 Å². The standard InChI is InChI=1S/C18H21NO/c1-3-13(4-2)19-18-14-9-5-7-11-16(14)20-17-12-8-6-10-15(17)18/h5-13,18-19H,3-4H2,1-2H3. The summed E-state index contributed by atoms with van der Waals surface area (Å²) in [6.45, 7) is 4.47. The van der Waals surface area contributed by atoms with Crippen LogP contribution in [-0.4, -0.2) is 6.04 Å². The molecule has 0 aliphatic carbocycles. The molecule has 1 aliphatic rings. The number of ether oxygens (including phenoxy) is 1. The summed E-state index contributed by atoms with van der Waals surface area (Å²) in [7, 11) is 0. The Balaban J connectivity index is 2.03. The van der Waals surface area contributed by atoms with Crippen LogP contribution in [0.2, 0.25) is 0 Å². The van der Waals surface area contributed by atoms with Gasteiger partial charge in [0.25, 0.3) is 0 Å². The monoisotopic (exact) mass is 267 g/mol. The molecule has 104 valence electrons. The molecular weight excluding hydrogens is 246 g/mol. The average Bonchev–Trinajstić information content (AvgIpc) is 2.51. The first-order chi connectivity index (χ1) is 9.83. The van der Waals surface area contributed by atoms with E-state index in [0.29, 0.717) is 6.04 Å². The predicted molar refractivity (Wildman–Crippen MR) is 82.3 cm³/mol. The Morgan fingerprint density at radius 2 is 1.40 bits per heavy atom. The van der Waals surface area contributed by atoms with Crippen molar-refractivity contribution >= 4 is 0 Å². The molecule has 20 heavy (non-hydrogen) atoms. The molecule has 0 saturated heterocycles. The Morgan fingerprint density at radius 1 is 0.900 bits per heavy atom. The lowest BCUT2D eigenvalue weighted by Gasteiger charge is -2.31. The van der Waals surface area contributed by atoms with Gasteiger partial charge in [-0.05, 0) is 25.0 Å². The van der Waals surface area contributed by atoms with Crippen LogP contribution in [0.15, 0.2) is 48.5 Å². The van der Waals surface area contributed by atoms with Crippen LogP contribution in [0.4, 0.5) is 0 Å². The van der Waals surface area contributed by atoms with Crippen LogP contribution in [0.25, 0.3) is 0 Å². The molecule has 0 atom stereocenters. The molecular formula is C18H21NO. The molecule has 2 heteroatoms. The van der Waals surface area contributed by atoms with Gasteiger partial charge in [-0.2, -0.15) is 0 Å². The lowest BCUT2D eigenvalue weighted by atomic mass is 9.93. The van der Waals surface area contributed by atoms with E-state index in [-0.39, 0.29) is 6.04 Å². The highest BCUT2D eigenvalue weighted by molar-refractivity contribution is 5.52. The highest BCUT2D eigenvalue weighted by atomic mass is 16.5. The zero-order chi connectivity index (χ0) is 13.9. The van der Waals surface area contributed by atoms with Crippen molar-refractivity contribution < 1.29 is 4.74 Å². The fraction of sp³-hybridized carbons (Fsp3) is 0.333. The van der Waals surface area contributed by atoms with Crippen LogP contribution in [0.1, 0.15) is 43.9 Å². The van der Waals surface area contributed by atoms with Crippen LogP contribution in [0.3, 0.4) is 0 Å². The summed E-state index contributed by atoms with van der Waals surface area (Å²) in [5.74, 6) is 1.93. The molecule has 0 fully saturated rings. The molecule has 0 saturated carbocycles. The maximum atomic E-state index is 6.02. The van der Waals surface area contributed by atoms with E-state index in [1.807, 2.05) is 24.3 Å². The highest BCUT2D eigenvalue weighted by Gasteiger charge is 2.27. The topological polar surface area (TPSA) is 21.3 Å². The SMILES string of the molecule is CCC(CC)NC1c2ccccc2Oc2ccccc21. The fourth-order valence-electron chi connectivity index (χ4n) is 2.85. The summed E-state index contributed by atoms with van der Waals surface area (Å²) in [4.78, 5) is 0. The number of nitrogens with one attached hydrogen (secondary N) is 1. The second-order valence-electron chi connectivity index (χ2n) is 5.29. The zero-order valence-electron chi connectivity index (χ0n) is 12.1. The lowest BCUT2D eigenvalue weighted by Crippen LogP contribution is -2.34. The quantitative estimate of drug-likeness (QED) is 0.870. The second kappa shape index (κ2) is 5.68. The number of rotatable bonds is 4. The van der Waals surface area contributed by atoms with E-state index in [1.165, 1.54) is 11.1 Å². The highest BCUT2D eigenvalue weighted by Crippen LogP contribution is 2.42. The molecule has 0 amide bonds. The van der Waals surface area contributed by atoms with Crippen molar-refractivity contribution in [3.63, 3.8) is 0 Å². The largest absolute Gasteiger partial charge is 0.457 e. The molecule has 2 aromatic carbocycles. The van der Waals surface area contributed by atoms with Gasteiger partial charge in [-0.15, -0.1) is 0 Å². The Labute approximate surface area is 120 Å². The minimum atomic E-state index is 0.223. The number of para-hydroxylation sites is 2. The van der Waals surface area contributed by atoms with Crippen molar-refractivity contribution in [2.45, 2.75) is 38.8 Å². The first-order valence-corrected chi connectivity index (χ1v) is 7.45. The summed E-state index contributed by atoms with van der Waals surface area (Å²) in [5.41, 5.74) is 2.47. The van der Waals surface area contributed by atoms with Crippen LogP contribution in [-0.2, 0) is 0 Å². The van der Waals surface area contributed by atoms with Crippen LogP contribution in [0, 0.1) is 0 Å². The zero-order valence-corrected chi connectivity index (χ0v) is 12.1. The Hall–Kier alpha value is -1.80. The summed E-state index contributed by atoms with van der Waals surface area (Å²) in [5, 5.41) is 3.79. The number of fused-ring (bicyclic) bond motifs is 2. The minimum Gasteiger partial charge on any atom is -0.457 e. The summed E-state index contributed by atoms with van der Waals surface area (Å²) < 4.78 is 6.02. The molecule has 0 aromatic heterocycles. The van der Waals surface area contributed by atoms with E-state index >= 15 is 0 Å². The van der Waals surface area contributed by atoms with Gasteiger partial charge in [0, 0.05) is 17.2 Å². The van der Waals surface area contributed by atoms with E-state index < -0.39 is 0 Å². The first-order valence-electron chi connectivity index (χ1n) is 7.45. The van der Waals surface area contributed by atoms with Gasteiger partial charge in [0.1, 0.15) is 11.5 Å². The molecule has 0 unspecified atom stereocenters. The van der Waals surface area contributed by atoms with E-state index in [1.54, 1.807) is 0 Å². The van der Waals surface area contributed by atoms with E-state index in [0.717, 1.165) is 24.3 Å². The van der Waals surface area contributed by atoms with Crippen molar-refractivity contribution in [3.8, 4) is 11.5 Å². The van der Waals surface area contributed by atoms with Crippen LogP contribution < -0.4 is 10.1 Å². The normalized spacial score (nSPS) is 13.8. The molecule has 2 aromatic rings. The number of hydrogen-bond donors (Lipinski definition) is 1. The fourth-order valence-corrected chi connectivity index (χ4v) is 2.85. The van der Waals surface area contributed by atoms with E-state index in [4.69, 9.17) is 4.74 Å². The Kier molecular flexibility index (Phi) is 3.75. The van der Waals surface area contributed by atoms with Gasteiger partial charge in [-0.1, -0.05) is 50.2 Å². The molecule has 1 heterocycles. The Morgan fingerprint density at radius 3 is 1.90 bits per heavy atom. The minimum absolute atomic E-state index is 0.223. The summed E-state index contributed by atoms with van der Waals surface area (Å²) in [6, 6.07) is 17.4. The van der Waals surface area contributed by atoms with Gasteiger partial charge < -0.3 is 10.1 Å². The van der Waals surface area contributed by atoms with Gasteiger partial charge >= 0.3 is 0 Å². The number of hydrogen-bond acceptors (Lipinski definition) is 2. The molecule has 0 spiro atoms.